The molecule has 0 spiro atoms. The molecule has 156 valence electrons. The number of pyridine rings is 2. The van der Waals surface area contributed by atoms with E-state index in [-0.39, 0.29) is 34.6 Å². The van der Waals surface area contributed by atoms with Crippen LogP contribution < -0.4 is 5.32 Å². The average molecular weight is 428 g/mol. The molecule has 9 heteroatoms. The van der Waals surface area contributed by atoms with Crippen LogP contribution in [0.5, 0.6) is 0 Å². The molecule has 3 rings (SSSR count). The molecule has 1 aliphatic heterocycles. The van der Waals surface area contributed by atoms with Crippen molar-refractivity contribution in [1.29, 1.82) is 0 Å². The smallest absolute Gasteiger partial charge is 0.269 e. The van der Waals surface area contributed by atoms with Gasteiger partial charge in [-0.25, -0.2) is 4.98 Å². The Kier molecular flexibility index (Phi) is 6.47. The molecule has 1 saturated heterocycles. The minimum atomic E-state index is -0.363. The SMILES string of the molecule is C=CC(=O)N1CCN(C(C)=O)[C@H](c2cc(Cl)nc(-c3ccc(C(=O)NC)nc3)c2)C1. The number of nitrogens with zero attached hydrogens (tertiary/aromatic N) is 4. The van der Waals surface area contributed by atoms with Crippen LogP contribution in [0, 0.1) is 0 Å². The van der Waals surface area contributed by atoms with Crippen molar-refractivity contribution in [3.05, 3.63) is 59.5 Å². The Morgan fingerprint density at radius 1 is 1.27 bits per heavy atom. The van der Waals surface area contributed by atoms with Gasteiger partial charge in [0.25, 0.3) is 5.91 Å². The maximum atomic E-state index is 12.2. The van der Waals surface area contributed by atoms with Crippen LogP contribution in [0.3, 0.4) is 0 Å². The summed E-state index contributed by atoms with van der Waals surface area (Å²) in [7, 11) is 1.54. The Morgan fingerprint density at radius 2 is 2.03 bits per heavy atom. The summed E-state index contributed by atoms with van der Waals surface area (Å²) >= 11 is 6.28. The second-order valence-electron chi connectivity index (χ2n) is 6.84. The minimum Gasteiger partial charge on any atom is -0.354 e. The molecule has 1 aliphatic rings. The predicted octanol–water partition coefficient (Wildman–Crippen LogP) is 2.07. The minimum absolute atomic E-state index is 0.0863. The van der Waals surface area contributed by atoms with Crippen LogP contribution in [-0.2, 0) is 9.59 Å². The molecule has 2 aromatic rings. The van der Waals surface area contributed by atoms with Crippen LogP contribution in [0.15, 0.2) is 43.1 Å². The van der Waals surface area contributed by atoms with Crippen molar-refractivity contribution in [3.8, 4) is 11.3 Å². The van der Waals surface area contributed by atoms with Gasteiger partial charge in [0.15, 0.2) is 0 Å². The second kappa shape index (κ2) is 9.04. The van der Waals surface area contributed by atoms with Gasteiger partial charge in [0, 0.05) is 45.4 Å². The molecular weight excluding hydrogens is 406 g/mol. The van der Waals surface area contributed by atoms with E-state index in [0.717, 1.165) is 5.56 Å². The summed E-state index contributed by atoms with van der Waals surface area (Å²) in [6.45, 7) is 6.23. The summed E-state index contributed by atoms with van der Waals surface area (Å²) in [5.74, 6) is -0.554. The van der Waals surface area contributed by atoms with Crippen molar-refractivity contribution in [3.63, 3.8) is 0 Å². The van der Waals surface area contributed by atoms with Crippen molar-refractivity contribution >= 4 is 29.3 Å². The monoisotopic (exact) mass is 427 g/mol. The third-order valence-corrected chi connectivity index (χ3v) is 5.18. The molecular formula is C21H22ClN5O3. The van der Waals surface area contributed by atoms with E-state index in [2.05, 4.69) is 21.9 Å². The molecule has 30 heavy (non-hydrogen) atoms. The van der Waals surface area contributed by atoms with E-state index in [1.54, 1.807) is 34.2 Å². The fraction of sp³-hybridized carbons (Fsp3) is 0.286. The lowest BCUT2D eigenvalue weighted by Crippen LogP contribution is -2.51. The molecule has 3 heterocycles. The van der Waals surface area contributed by atoms with Gasteiger partial charge >= 0.3 is 0 Å². The van der Waals surface area contributed by atoms with Crippen LogP contribution in [0.1, 0.15) is 29.0 Å². The highest BCUT2D eigenvalue weighted by Crippen LogP contribution is 2.30. The van der Waals surface area contributed by atoms with Gasteiger partial charge in [-0.05, 0) is 35.9 Å². The average Bonchev–Trinajstić information content (AvgIpc) is 2.77. The summed E-state index contributed by atoms with van der Waals surface area (Å²) in [5.41, 5.74) is 2.29. The first-order chi connectivity index (χ1) is 14.3. The van der Waals surface area contributed by atoms with Gasteiger partial charge in [-0.3, -0.25) is 19.4 Å². The summed E-state index contributed by atoms with van der Waals surface area (Å²) in [6, 6.07) is 6.49. The van der Waals surface area contributed by atoms with Gasteiger partial charge in [-0.15, -0.1) is 0 Å². The molecule has 0 unspecified atom stereocenters. The maximum Gasteiger partial charge on any atom is 0.269 e. The third-order valence-electron chi connectivity index (χ3n) is 4.99. The fourth-order valence-corrected chi connectivity index (χ4v) is 3.66. The first-order valence-corrected chi connectivity index (χ1v) is 9.76. The number of hydrogen-bond donors (Lipinski definition) is 1. The molecule has 8 nitrogen and oxygen atoms in total. The zero-order chi connectivity index (χ0) is 21.8. The number of piperazine rings is 1. The van der Waals surface area contributed by atoms with E-state index in [4.69, 9.17) is 11.6 Å². The number of rotatable bonds is 4. The van der Waals surface area contributed by atoms with E-state index in [9.17, 15) is 14.4 Å². The Bertz CT molecular complexity index is 993. The third kappa shape index (κ3) is 4.49. The summed E-state index contributed by atoms with van der Waals surface area (Å²) in [4.78, 5) is 47.9. The van der Waals surface area contributed by atoms with Gasteiger partial charge < -0.3 is 15.1 Å². The van der Waals surface area contributed by atoms with Crippen molar-refractivity contribution in [2.45, 2.75) is 13.0 Å². The molecule has 2 aromatic heterocycles. The van der Waals surface area contributed by atoms with Crippen LogP contribution in [-0.4, -0.2) is 64.2 Å². The maximum absolute atomic E-state index is 12.2. The van der Waals surface area contributed by atoms with E-state index >= 15 is 0 Å². The number of hydrogen-bond acceptors (Lipinski definition) is 5. The molecule has 0 aliphatic carbocycles. The van der Waals surface area contributed by atoms with Gasteiger partial charge in [-0.1, -0.05) is 18.2 Å². The van der Waals surface area contributed by atoms with Gasteiger partial charge in [0.1, 0.15) is 10.8 Å². The van der Waals surface area contributed by atoms with Crippen LogP contribution >= 0.6 is 11.6 Å². The summed E-state index contributed by atoms with van der Waals surface area (Å²) in [6.07, 6.45) is 2.81. The van der Waals surface area contributed by atoms with Gasteiger partial charge in [0.05, 0.1) is 11.7 Å². The Labute approximate surface area is 179 Å². The standard InChI is InChI=1S/C21H22ClN5O3/c1-4-20(29)26-7-8-27(13(2)28)18(12-26)15-9-17(25-19(22)10-15)14-5-6-16(24-11-14)21(30)23-3/h4-6,9-11,18H,1,7-8,12H2,2-3H3,(H,23,30)/t18-/m0/s1. The highest BCUT2D eigenvalue weighted by molar-refractivity contribution is 6.29. The first kappa shape index (κ1) is 21.4. The molecule has 1 N–H and O–H groups in total. The first-order valence-electron chi connectivity index (χ1n) is 9.38. The number of amides is 3. The second-order valence-corrected chi connectivity index (χ2v) is 7.22. The molecule has 0 aromatic carbocycles. The predicted molar refractivity (Wildman–Crippen MR) is 113 cm³/mol. The number of carbonyl (C=O) groups is 3. The highest BCUT2D eigenvalue weighted by Gasteiger charge is 2.32. The molecule has 0 bridgehead atoms. The zero-order valence-electron chi connectivity index (χ0n) is 16.8. The van der Waals surface area contributed by atoms with Crippen LogP contribution in [0.2, 0.25) is 5.15 Å². The Hall–Kier alpha value is -3.26. The number of halogens is 1. The fourth-order valence-electron chi connectivity index (χ4n) is 3.44. The van der Waals surface area contributed by atoms with E-state index in [0.29, 0.717) is 30.9 Å². The van der Waals surface area contributed by atoms with E-state index in [1.165, 1.54) is 20.0 Å². The van der Waals surface area contributed by atoms with Crippen molar-refractivity contribution in [2.75, 3.05) is 26.7 Å². The highest BCUT2D eigenvalue weighted by atomic mass is 35.5. The topological polar surface area (TPSA) is 95.5 Å². The number of aromatic nitrogens is 2. The van der Waals surface area contributed by atoms with Crippen molar-refractivity contribution < 1.29 is 14.4 Å². The molecule has 1 fully saturated rings. The van der Waals surface area contributed by atoms with Crippen LogP contribution in [0.25, 0.3) is 11.3 Å². The van der Waals surface area contributed by atoms with Crippen LogP contribution in [0.4, 0.5) is 0 Å². The summed E-state index contributed by atoms with van der Waals surface area (Å²) in [5, 5.41) is 2.78. The number of nitrogens with one attached hydrogen (secondary N) is 1. The molecule has 0 saturated carbocycles. The lowest BCUT2D eigenvalue weighted by molar-refractivity contribution is -0.139. The molecule has 0 radical (unpaired) electrons. The van der Waals surface area contributed by atoms with E-state index in [1.807, 2.05) is 6.07 Å². The van der Waals surface area contributed by atoms with Gasteiger partial charge in [-0.2, -0.15) is 0 Å². The molecule has 3 amide bonds. The Morgan fingerprint density at radius 3 is 2.63 bits per heavy atom. The quantitative estimate of drug-likeness (QED) is 0.595. The van der Waals surface area contributed by atoms with Crippen molar-refractivity contribution in [1.82, 2.24) is 25.1 Å². The van der Waals surface area contributed by atoms with E-state index < -0.39 is 0 Å². The van der Waals surface area contributed by atoms with Crippen molar-refractivity contribution in [2.24, 2.45) is 0 Å². The molecule has 1 atom stereocenters. The Balaban J connectivity index is 1.97. The number of carbonyl (C=O) groups excluding carboxylic acids is 3. The normalized spacial score (nSPS) is 16.2. The lowest BCUT2D eigenvalue weighted by atomic mass is 10.0. The lowest BCUT2D eigenvalue weighted by Gasteiger charge is -2.41. The zero-order valence-corrected chi connectivity index (χ0v) is 17.5. The largest absolute Gasteiger partial charge is 0.354 e. The van der Waals surface area contributed by atoms with Gasteiger partial charge in [0.2, 0.25) is 11.8 Å². The summed E-state index contributed by atoms with van der Waals surface area (Å²) < 4.78 is 0.